The number of amides is 1. The Bertz CT molecular complexity index is 810. The number of carbonyl (C=O) groups excluding carboxylic acids is 1. The van der Waals surface area contributed by atoms with Gasteiger partial charge in [-0.2, -0.15) is 5.26 Å². The summed E-state index contributed by atoms with van der Waals surface area (Å²) in [6, 6.07) is 13.6. The topological polar surface area (TPSA) is 82.3 Å². The van der Waals surface area contributed by atoms with E-state index < -0.39 is 5.91 Å². The van der Waals surface area contributed by atoms with Crippen LogP contribution in [0.1, 0.15) is 5.56 Å². The summed E-state index contributed by atoms with van der Waals surface area (Å²) in [7, 11) is 1.54. The molecule has 2 N–H and O–H groups in total. The first-order chi connectivity index (χ1) is 11.0. The molecule has 0 unspecified atom stereocenters. The van der Waals surface area contributed by atoms with E-state index in [1.54, 1.807) is 36.4 Å². The van der Waals surface area contributed by atoms with E-state index in [9.17, 15) is 15.2 Å². The summed E-state index contributed by atoms with van der Waals surface area (Å²) < 4.78 is 5.73. The third-order valence-electron chi connectivity index (χ3n) is 2.98. The molecule has 1 amide bonds. The first-order valence-corrected chi connectivity index (χ1v) is 7.67. The number of phenolic OH excluding ortho intramolecular Hbond substituents is 1. The van der Waals surface area contributed by atoms with Gasteiger partial charge in [-0.3, -0.25) is 4.79 Å². The van der Waals surface area contributed by atoms with Gasteiger partial charge in [-0.1, -0.05) is 12.1 Å². The number of hydrogen-bond donors (Lipinski definition) is 2. The molecule has 0 fully saturated rings. The van der Waals surface area contributed by atoms with E-state index in [1.807, 2.05) is 28.7 Å². The maximum Gasteiger partial charge on any atom is 0.266 e. The predicted molar refractivity (Wildman–Crippen MR) is 96.0 cm³/mol. The third-order valence-corrected chi connectivity index (χ3v) is 3.84. The van der Waals surface area contributed by atoms with Gasteiger partial charge in [0, 0.05) is 11.8 Å². The average molecular weight is 420 g/mol. The number of anilines is 1. The Morgan fingerprint density at radius 1 is 1.35 bits per heavy atom. The zero-order chi connectivity index (χ0) is 16.8. The Hall–Kier alpha value is -2.53. The summed E-state index contributed by atoms with van der Waals surface area (Å²) in [4.78, 5) is 12.2. The van der Waals surface area contributed by atoms with Gasteiger partial charge in [-0.05, 0) is 58.5 Å². The lowest BCUT2D eigenvalue weighted by atomic mass is 10.1. The fraction of sp³-hybridized carbons (Fsp3) is 0.0588. The van der Waals surface area contributed by atoms with Crippen LogP contribution in [-0.2, 0) is 4.79 Å². The van der Waals surface area contributed by atoms with E-state index in [0.29, 0.717) is 20.6 Å². The monoisotopic (exact) mass is 420 g/mol. The van der Waals surface area contributed by atoms with Crippen molar-refractivity contribution in [1.82, 2.24) is 0 Å². The maximum absolute atomic E-state index is 12.2. The third kappa shape index (κ3) is 4.47. The van der Waals surface area contributed by atoms with Crippen LogP contribution in [-0.4, -0.2) is 18.1 Å². The van der Waals surface area contributed by atoms with Gasteiger partial charge in [0.05, 0.1) is 10.7 Å². The molecule has 0 heterocycles. The highest BCUT2D eigenvalue weighted by molar-refractivity contribution is 14.1. The molecule has 2 rings (SSSR count). The molecule has 0 bridgehead atoms. The number of carbonyl (C=O) groups is 1. The number of halogens is 1. The van der Waals surface area contributed by atoms with Crippen molar-refractivity contribution >= 4 is 40.3 Å². The molecular formula is C17H13IN2O3. The zero-order valence-corrected chi connectivity index (χ0v) is 14.4. The first-order valence-electron chi connectivity index (χ1n) is 6.59. The first kappa shape index (κ1) is 16.8. The number of benzene rings is 2. The van der Waals surface area contributed by atoms with Gasteiger partial charge < -0.3 is 15.2 Å². The Morgan fingerprint density at radius 3 is 2.78 bits per heavy atom. The Labute approximate surface area is 147 Å². The van der Waals surface area contributed by atoms with Crippen molar-refractivity contribution in [1.29, 1.82) is 5.26 Å². The fourth-order valence-corrected chi connectivity index (χ4v) is 2.37. The summed E-state index contributed by atoms with van der Waals surface area (Å²) in [5.74, 6) is 0.254. The van der Waals surface area contributed by atoms with Crippen LogP contribution in [0.15, 0.2) is 48.0 Å². The molecular weight excluding hydrogens is 407 g/mol. The van der Waals surface area contributed by atoms with Crippen LogP contribution >= 0.6 is 22.6 Å². The molecule has 116 valence electrons. The number of nitriles is 1. The molecule has 23 heavy (non-hydrogen) atoms. The molecule has 2 aromatic carbocycles. The van der Waals surface area contributed by atoms with Gasteiger partial charge in [0.1, 0.15) is 23.1 Å². The Morgan fingerprint density at radius 2 is 2.13 bits per heavy atom. The van der Waals surface area contributed by atoms with Crippen molar-refractivity contribution in [3.8, 4) is 17.6 Å². The molecule has 0 aliphatic heterocycles. The lowest BCUT2D eigenvalue weighted by molar-refractivity contribution is -0.112. The molecule has 6 heteroatoms. The highest BCUT2D eigenvalue weighted by atomic mass is 127. The van der Waals surface area contributed by atoms with Crippen LogP contribution < -0.4 is 10.1 Å². The molecule has 0 saturated carbocycles. The van der Waals surface area contributed by atoms with E-state index in [0.717, 1.165) is 0 Å². The molecule has 2 aromatic rings. The normalized spacial score (nSPS) is 10.7. The quantitative estimate of drug-likeness (QED) is 0.450. The second-order valence-corrected chi connectivity index (χ2v) is 5.73. The standard InChI is InChI=1S/C17H13IN2O3/c1-23-14-4-2-3-13(9-14)20-17(22)12(10-19)7-11-5-6-16(21)15(18)8-11/h2-9,21H,1H3,(H,20,22)/b12-7-. The van der Waals surface area contributed by atoms with E-state index in [-0.39, 0.29) is 11.3 Å². The van der Waals surface area contributed by atoms with Crippen LogP contribution in [0.5, 0.6) is 11.5 Å². The van der Waals surface area contributed by atoms with E-state index in [4.69, 9.17) is 4.74 Å². The van der Waals surface area contributed by atoms with E-state index >= 15 is 0 Å². The number of hydrogen-bond acceptors (Lipinski definition) is 4. The summed E-state index contributed by atoms with van der Waals surface area (Å²) in [6.07, 6.45) is 1.47. The van der Waals surface area contributed by atoms with Gasteiger partial charge in [0.25, 0.3) is 5.91 Å². The minimum atomic E-state index is -0.510. The molecule has 0 aliphatic carbocycles. The summed E-state index contributed by atoms with van der Waals surface area (Å²) in [5.41, 5.74) is 1.16. The second kappa shape index (κ2) is 7.65. The van der Waals surface area contributed by atoms with Gasteiger partial charge in [-0.25, -0.2) is 0 Å². The molecule has 0 atom stereocenters. The predicted octanol–water partition coefficient (Wildman–Crippen LogP) is 3.55. The average Bonchev–Trinajstić information content (AvgIpc) is 2.55. The van der Waals surface area contributed by atoms with Gasteiger partial charge in [0.2, 0.25) is 0 Å². The zero-order valence-electron chi connectivity index (χ0n) is 12.2. The van der Waals surface area contributed by atoms with Crippen LogP contribution in [0.4, 0.5) is 5.69 Å². The lowest BCUT2D eigenvalue weighted by Gasteiger charge is -2.06. The van der Waals surface area contributed by atoms with Crippen molar-refractivity contribution < 1.29 is 14.6 Å². The molecule has 0 radical (unpaired) electrons. The van der Waals surface area contributed by atoms with Gasteiger partial charge in [0.15, 0.2) is 0 Å². The van der Waals surface area contributed by atoms with Crippen molar-refractivity contribution in [2.24, 2.45) is 0 Å². The molecule has 0 aromatic heterocycles. The summed E-state index contributed by atoms with van der Waals surface area (Å²) >= 11 is 1.98. The van der Waals surface area contributed by atoms with E-state index in [1.165, 1.54) is 19.3 Å². The number of aromatic hydroxyl groups is 1. The Balaban J connectivity index is 2.22. The smallest absolute Gasteiger partial charge is 0.266 e. The largest absolute Gasteiger partial charge is 0.507 e. The number of nitrogens with zero attached hydrogens (tertiary/aromatic N) is 1. The highest BCUT2D eigenvalue weighted by Crippen LogP contribution is 2.22. The van der Waals surface area contributed by atoms with E-state index in [2.05, 4.69) is 5.32 Å². The number of ether oxygens (including phenoxy) is 1. The van der Waals surface area contributed by atoms with Crippen LogP contribution in [0.3, 0.4) is 0 Å². The molecule has 5 nitrogen and oxygen atoms in total. The van der Waals surface area contributed by atoms with Crippen molar-refractivity contribution in [2.75, 3.05) is 12.4 Å². The molecule has 0 spiro atoms. The van der Waals surface area contributed by atoms with Crippen molar-refractivity contribution in [3.05, 3.63) is 57.2 Å². The number of nitrogens with one attached hydrogen (secondary N) is 1. The number of rotatable bonds is 4. The van der Waals surface area contributed by atoms with Crippen molar-refractivity contribution in [3.63, 3.8) is 0 Å². The summed E-state index contributed by atoms with van der Waals surface area (Å²) in [5, 5.41) is 21.4. The molecule has 0 saturated heterocycles. The Kier molecular flexibility index (Phi) is 5.60. The fourth-order valence-electron chi connectivity index (χ4n) is 1.83. The van der Waals surface area contributed by atoms with Crippen LogP contribution in [0, 0.1) is 14.9 Å². The van der Waals surface area contributed by atoms with Crippen molar-refractivity contribution in [2.45, 2.75) is 0 Å². The summed E-state index contributed by atoms with van der Waals surface area (Å²) in [6.45, 7) is 0. The second-order valence-electron chi connectivity index (χ2n) is 4.57. The minimum absolute atomic E-state index is 0.0330. The molecule has 0 aliphatic rings. The van der Waals surface area contributed by atoms with Crippen LogP contribution in [0.2, 0.25) is 0 Å². The number of phenols is 1. The van der Waals surface area contributed by atoms with Crippen LogP contribution in [0.25, 0.3) is 6.08 Å². The SMILES string of the molecule is COc1cccc(NC(=O)/C(C#N)=C\c2ccc(O)c(I)c2)c1. The minimum Gasteiger partial charge on any atom is -0.507 e. The van der Waals surface area contributed by atoms with Gasteiger partial charge >= 0.3 is 0 Å². The number of methoxy groups -OCH3 is 1. The maximum atomic E-state index is 12.2. The highest BCUT2D eigenvalue weighted by Gasteiger charge is 2.10. The van der Waals surface area contributed by atoms with Gasteiger partial charge in [-0.15, -0.1) is 0 Å². The lowest BCUT2D eigenvalue weighted by Crippen LogP contribution is -2.13.